The standard InChI is InChI=1S/C19H20O2/c1-21-18-9-7-16(8-10-18)19(13-11-17(20)12-14-19)15-5-3-2-4-6-15/h2-11,13,17,20H,12,14H2,1H3. The lowest BCUT2D eigenvalue weighted by Gasteiger charge is -2.36. The van der Waals surface area contributed by atoms with E-state index < -0.39 is 0 Å². The van der Waals surface area contributed by atoms with Crippen LogP contribution in [-0.4, -0.2) is 18.3 Å². The quantitative estimate of drug-likeness (QED) is 0.869. The number of aliphatic hydroxyl groups is 1. The number of allylic oxidation sites excluding steroid dienone is 1. The molecular weight excluding hydrogens is 260 g/mol. The smallest absolute Gasteiger partial charge is 0.118 e. The number of benzene rings is 2. The summed E-state index contributed by atoms with van der Waals surface area (Å²) < 4.78 is 5.25. The van der Waals surface area contributed by atoms with E-state index in [1.54, 1.807) is 7.11 Å². The number of hydrogen-bond acceptors (Lipinski definition) is 2. The first-order valence-corrected chi connectivity index (χ1v) is 7.32. The Morgan fingerprint density at radius 1 is 1.00 bits per heavy atom. The highest BCUT2D eigenvalue weighted by Crippen LogP contribution is 2.41. The van der Waals surface area contributed by atoms with Crippen LogP contribution in [-0.2, 0) is 5.41 Å². The first-order valence-electron chi connectivity index (χ1n) is 7.32. The van der Waals surface area contributed by atoms with Crippen LogP contribution in [0.15, 0.2) is 66.7 Å². The number of hydrogen-bond donors (Lipinski definition) is 1. The molecular formula is C19H20O2. The average molecular weight is 280 g/mol. The van der Waals surface area contributed by atoms with Gasteiger partial charge in [-0.25, -0.2) is 0 Å². The van der Waals surface area contributed by atoms with Gasteiger partial charge < -0.3 is 9.84 Å². The van der Waals surface area contributed by atoms with Crippen LogP contribution in [0, 0.1) is 0 Å². The summed E-state index contributed by atoms with van der Waals surface area (Å²) in [6.45, 7) is 0. The van der Waals surface area contributed by atoms with Crippen LogP contribution in [0.4, 0.5) is 0 Å². The van der Waals surface area contributed by atoms with Crippen molar-refractivity contribution in [3.8, 4) is 5.75 Å². The lowest BCUT2D eigenvalue weighted by molar-refractivity contribution is 0.193. The summed E-state index contributed by atoms with van der Waals surface area (Å²) in [5.41, 5.74) is 2.34. The highest BCUT2D eigenvalue weighted by atomic mass is 16.5. The monoisotopic (exact) mass is 280 g/mol. The summed E-state index contributed by atoms with van der Waals surface area (Å²) in [6.07, 6.45) is 5.41. The van der Waals surface area contributed by atoms with E-state index in [4.69, 9.17) is 4.74 Å². The Morgan fingerprint density at radius 2 is 1.67 bits per heavy atom. The molecule has 0 amide bonds. The largest absolute Gasteiger partial charge is 0.497 e. The zero-order valence-corrected chi connectivity index (χ0v) is 12.2. The number of methoxy groups -OCH3 is 1. The van der Waals surface area contributed by atoms with Crippen molar-refractivity contribution in [3.63, 3.8) is 0 Å². The van der Waals surface area contributed by atoms with Gasteiger partial charge in [0, 0.05) is 5.41 Å². The Balaban J connectivity index is 2.10. The Bertz CT molecular complexity index is 616. The van der Waals surface area contributed by atoms with Crippen molar-refractivity contribution in [2.45, 2.75) is 24.4 Å². The lowest BCUT2D eigenvalue weighted by Crippen LogP contribution is -2.30. The summed E-state index contributed by atoms with van der Waals surface area (Å²) in [4.78, 5) is 0. The molecule has 1 aliphatic rings. The molecule has 1 aliphatic carbocycles. The average Bonchev–Trinajstić information content (AvgIpc) is 2.57. The summed E-state index contributed by atoms with van der Waals surface area (Å²) in [6, 6.07) is 18.7. The van der Waals surface area contributed by atoms with Crippen molar-refractivity contribution in [2.75, 3.05) is 7.11 Å². The fourth-order valence-corrected chi connectivity index (χ4v) is 3.10. The maximum Gasteiger partial charge on any atom is 0.118 e. The van der Waals surface area contributed by atoms with Crippen LogP contribution in [0.2, 0.25) is 0 Å². The molecule has 0 heterocycles. The molecule has 0 radical (unpaired) electrons. The first-order chi connectivity index (χ1) is 10.2. The molecule has 0 spiro atoms. The summed E-state index contributed by atoms with van der Waals surface area (Å²) in [5.74, 6) is 0.863. The molecule has 2 nitrogen and oxygen atoms in total. The van der Waals surface area contributed by atoms with Gasteiger partial charge in [-0.1, -0.05) is 54.6 Å². The Labute approximate surface area is 125 Å². The van der Waals surface area contributed by atoms with E-state index in [1.807, 2.05) is 24.3 Å². The second-order valence-corrected chi connectivity index (χ2v) is 5.53. The van der Waals surface area contributed by atoms with E-state index in [1.165, 1.54) is 11.1 Å². The van der Waals surface area contributed by atoms with Gasteiger partial charge in [0.05, 0.1) is 13.2 Å². The van der Waals surface area contributed by atoms with Crippen molar-refractivity contribution in [2.24, 2.45) is 0 Å². The molecule has 21 heavy (non-hydrogen) atoms. The Morgan fingerprint density at radius 3 is 2.24 bits per heavy atom. The van der Waals surface area contributed by atoms with E-state index in [-0.39, 0.29) is 11.5 Å². The third-order valence-electron chi connectivity index (χ3n) is 4.33. The van der Waals surface area contributed by atoms with Gasteiger partial charge in [-0.05, 0) is 36.1 Å². The van der Waals surface area contributed by atoms with Crippen LogP contribution < -0.4 is 4.74 Å². The van der Waals surface area contributed by atoms with E-state index in [0.29, 0.717) is 0 Å². The predicted octanol–water partition coefficient (Wildman–Crippen LogP) is 3.69. The second-order valence-electron chi connectivity index (χ2n) is 5.53. The maximum absolute atomic E-state index is 9.81. The second kappa shape index (κ2) is 5.74. The SMILES string of the molecule is COc1ccc(C2(c3ccccc3)C=CC(O)CC2)cc1. The van der Waals surface area contributed by atoms with Crippen LogP contribution in [0.1, 0.15) is 24.0 Å². The van der Waals surface area contributed by atoms with Gasteiger partial charge >= 0.3 is 0 Å². The van der Waals surface area contributed by atoms with Crippen molar-refractivity contribution in [1.82, 2.24) is 0 Å². The molecule has 2 atom stereocenters. The van der Waals surface area contributed by atoms with Crippen LogP contribution in [0.5, 0.6) is 5.75 Å². The van der Waals surface area contributed by atoms with Gasteiger partial charge in [0.1, 0.15) is 5.75 Å². The van der Waals surface area contributed by atoms with Gasteiger partial charge in [-0.15, -0.1) is 0 Å². The van der Waals surface area contributed by atoms with Gasteiger partial charge in [-0.2, -0.15) is 0 Å². The zero-order valence-electron chi connectivity index (χ0n) is 12.2. The molecule has 0 fully saturated rings. The topological polar surface area (TPSA) is 29.5 Å². The molecule has 0 bridgehead atoms. The lowest BCUT2D eigenvalue weighted by atomic mass is 9.68. The molecule has 108 valence electrons. The normalized spacial score (nSPS) is 24.8. The van der Waals surface area contributed by atoms with Crippen LogP contribution in [0.3, 0.4) is 0 Å². The maximum atomic E-state index is 9.81. The third-order valence-corrected chi connectivity index (χ3v) is 4.33. The fraction of sp³-hybridized carbons (Fsp3) is 0.263. The fourth-order valence-electron chi connectivity index (χ4n) is 3.10. The molecule has 0 saturated carbocycles. The summed E-state index contributed by atoms with van der Waals surface area (Å²) in [7, 11) is 1.68. The minimum absolute atomic E-state index is 0.160. The molecule has 1 N–H and O–H groups in total. The minimum atomic E-state index is -0.333. The highest BCUT2D eigenvalue weighted by Gasteiger charge is 2.34. The molecule has 3 rings (SSSR count). The van der Waals surface area contributed by atoms with E-state index in [0.717, 1.165) is 18.6 Å². The Kier molecular flexibility index (Phi) is 3.80. The van der Waals surface area contributed by atoms with Gasteiger partial charge in [0.2, 0.25) is 0 Å². The van der Waals surface area contributed by atoms with Crippen molar-refractivity contribution >= 4 is 0 Å². The molecule has 0 aromatic heterocycles. The van der Waals surface area contributed by atoms with Gasteiger partial charge in [0.15, 0.2) is 0 Å². The number of aliphatic hydroxyl groups excluding tert-OH is 1. The molecule has 0 aliphatic heterocycles. The van der Waals surface area contributed by atoms with Crippen molar-refractivity contribution in [3.05, 3.63) is 77.9 Å². The number of rotatable bonds is 3. The van der Waals surface area contributed by atoms with Crippen LogP contribution in [0.25, 0.3) is 0 Å². The number of ether oxygens (including phenoxy) is 1. The van der Waals surface area contributed by atoms with E-state index in [9.17, 15) is 5.11 Å². The summed E-state index contributed by atoms with van der Waals surface area (Å²) >= 11 is 0. The predicted molar refractivity (Wildman–Crippen MR) is 84.6 cm³/mol. The zero-order chi connectivity index (χ0) is 14.7. The molecule has 2 aromatic carbocycles. The molecule has 2 aromatic rings. The molecule has 0 saturated heterocycles. The molecule has 2 heteroatoms. The molecule has 2 unspecified atom stereocenters. The van der Waals surface area contributed by atoms with E-state index in [2.05, 4.69) is 42.5 Å². The highest BCUT2D eigenvalue weighted by molar-refractivity contribution is 5.47. The van der Waals surface area contributed by atoms with Crippen molar-refractivity contribution in [1.29, 1.82) is 0 Å². The van der Waals surface area contributed by atoms with E-state index >= 15 is 0 Å². The van der Waals surface area contributed by atoms with Gasteiger partial charge in [-0.3, -0.25) is 0 Å². The van der Waals surface area contributed by atoms with Gasteiger partial charge in [0.25, 0.3) is 0 Å². The third kappa shape index (κ3) is 2.59. The summed E-state index contributed by atoms with van der Waals surface area (Å²) in [5, 5.41) is 9.81. The van der Waals surface area contributed by atoms with Crippen molar-refractivity contribution < 1.29 is 9.84 Å². The van der Waals surface area contributed by atoms with Crippen LogP contribution >= 0.6 is 0 Å². The Hall–Kier alpha value is -2.06. The first kappa shape index (κ1) is 13.9. The minimum Gasteiger partial charge on any atom is -0.497 e.